The summed E-state index contributed by atoms with van der Waals surface area (Å²) in [7, 11) is 0. The number of hydrogen-bond donors (Lipinski definition) is 1. The fourth-order valence-electron chi connectivity index (χ4n) is 2.80. The van der Waals surface area contributed by atoms with Crippen molar-refractivity contribution in [2.45, 2.75) is 69.4 Å². The summed E-state index contributed by atoms with van der Waals surface area (Å²) < 4.78 is 2.27. The van der Waals surface area contributed by atoms with Crippen LogP contribution in [0.1, 0.15) is 54.8 Å². The molecule has 0 saturated heterocycles. The number of imidazole rings is 1. The molecule has 134 valence electrons. The number of aryl methyl sites for hydroxylation is 1. The van der Waals surface area contributed by atoms with Crippen molar-refractivity contribution >= 4 is 17.7 Å². The standard InChI is InChI=1S/C20H27N3OS/c1-4-5-13-23-15(3)14(2)21-20(23)25-18(16-9-7-6-8-10-16)19(24)22-17-11-12-17/h6-10,17-18H,4-5,11-13H2,1-3H3,(H,22,24). The highest BCUT2D eigenvalue weighted by atomic mass is 32.2. The number of aromatic nitrogens is 2. The fraction of sp³-hybridized carbons (Fsp3) is 0.500. The van der Waals surface area contributed by atoms with Crippen molar-refractivity contribution in [3.8, 4) is 0 Å². The molecule has 0 radical (unpaired) electrons. The molecule has 1 aromatic carbocycles. The normalized spacial score (nSPS) is 15.2. The van der Waals surface area contributed by atoms with Crippen LogP contribution >= 0.6 is 11.8 Å². The van der Waals surface area contributed by atoms with Crippen LogP contribution in [0.15, 0.2) is 35.5 Å². The van der Waals surface area contributed by atoms with Crippen molar-refractivity contribution in [2.24, 2.45) is 0 Å². The summed E-state index contributed by atoms with van der Waals surface area (Å²) in [6.07, 6.45) is 4.46. The summed E-state index contributed by atoms with van der Waals surface area (Å²) in [5.74, 6) is 0.0963. The van der Waals surface area contributed by atoms with Crippen molar-refractivity contribution < 1.29 is 4.79 Å². The number of hydrogen-bond acceptors (Lipinski definition) is 3. The van der Waals surface area contributed by atoms with E-state index in [4.69, 9.17) is 4.98 Å². The van der Waals surface area contributed by atoms with E-state index in [1.807, 2.05) is 37.3 Å². The largest absolute Gasteiger partial charge is 0.352 e. The Kier molecular flexibility index (Phi) is 5.84. The lowest BCUT2D eigenvalue weighted by molar-refractivity contribution is -0.120. The molecular formula is C20H27N3OS. The molecule has 3 rings (SSSR count). The number of nitrogens with zero attached hydrogens (tertiary/aromatic N) is 2. The Hall–Kier alpha value is -1.75. The van der Waals surface area contributed by atoms with E-state index in [1.54, 1.807) is 11.8 Å². The maximum absolute atomic E-state index is 12.8. The molecule has 5 heteroatoms. The smallest absolute Gasteiger partial charge is 0.238 e. The van der Waals surface area contributed by atoms with Gasteiger partial charge in [0.1, 0.15) is 5.25 Å². The van der Waals surface area contributed by atoms with Gasteiger partial charge in [-0.05, 0) is 38.7 Å². The van der Waals surface area contributed by atoms with Crippen LogP contribution in [-0.2, 0) is 11.3 Å². The number of nitrogens with one attached hydrogen (secondary N) is 1. The van der Waals surface area contributed by atoms with Gasteiger partial charge in [-0.1, -0.05) is 55.4 Å². The third-order valence-corrected chi connectivity index (χ3v) is 5.89. The zero-order valence-electron chi connectivity index (χ0n) is 15.3. The average molecular weight is 358 g/mol. The lowest BCUT2D eigenvalue weighted by Gasteiger charge is -2.17. The molecule has 1 heterocycles. The minimum absolute atomic E-state index is 0.0963. The maximum Gasteiger partial charge on any atom is 0.238 e. The quantitative estimate of drug-likeness (QED) is 0.712. The number of thioether (sulfide) groups is 1. The third kappa shape index (κ3) is 4.46. The van der Waals surface area contributed by atoms with E-state index in [0.717, 1.165) is 48.6 Å². The highest BCUT2D eigenvalue weighted by Gasteiger charge is 2.30. The van der Waals surface area contributed by atoms with E-state index >= 15 is 0 Å². The van der Waals surface area contributed by atoms with Gasteiger partial charge in [-0.3, -0.25) is 4.79 Å². The van der Waals surface area contributed by atoms with E-state index in [-0.39, 0.29) is 11.2 Å². The second-order valence-electron chi connectivity index (χ2n) is 6.76. The minimum Gasteiger partial charge on any atom is -0.352 e. The lowest BCUT2D eigenvalue weighted by Crippen LogP contribution is -2.30. The molecule has 1 aliphatic rings. The number of amides is 1. The Labute approximate surface area is 154 Å². The first-order chi connectivity index (χ1) is 12.1. The summed E-state index contributed by atoms with van der Waals surface area (Å²) in [5.41, 5.74) is 3.28. The molecule has 1 fully saturated rings. The molecule has 1 amide bonds. The monoisotopic (exact) mass is 357 g/mol. The van der Waals surface area contributed by atoms with Gasteiger partial charge in [-0.25, -0.2) is 4.98 Å². The number of carbonyl (C=O) groups excluding carboxylic acids is 1. The summed E-state index contributed by atoms with van der Waals surface area (Å²) >= 11 is 1.57. The molecule has 1 N–H and O–H groups in total. The molecule has 1 atom stereocenters. The van der Waals surface area contributed by atoms with Gasteiger partial charge in [0, 0.05) is 18.3 Å². The molecule has 4 nitrogen and oxygen atoms in total. The van der Waals surface area contributed by atoms with Crippen LogP contribution in [0.2, 0.25) is 0 Å². The predicted octanol–water partition coefficient (Wildman–Crippen LogP) is 4.41. The van der Waals surface area contributed by atoms with E-state index in [1.165, 1.54) is 5.69 Å². The first-order valence-corrected chi connectivity index (χ1v) is 10.0. The summed E-state index contributed by atoms with van der Waals surface area (Å²) in [5, 5.41) is 3.85. The van der Waals surface area contributed by atoms with Gasteiger partial charge < -0.3 is 9.88 Å². The van der Waals surface area contributed by atoms with Crippen molar-refractivity contribution in [2.75, 3.05) is 0 Å². The molecule has 1 unspecified atom stereocenters. The molecule has 1 aromatic heterocycles. The highest BCUT2D eigenvalue weighted by Crippen LogP contribution is 2.37. The molecule has 1 aliphatic carbocycles. The fourth-order valence-corrected chi connectivity index (χ4v) is 4.03. The summed E-state index contributed by atoms with van der Waals surface area (Å²) in [6.45, 7) is 7.31. The SMILES string of the molecule is CCCCn1c(SC(C(=O)NC2CC2)c2ccccc2)nc(C)c1C. The molecule has 0 bridgehead atoms. The first kappa shape index (κ1) is 18.1. The van der Waals surface area contributed by atoms with Gasteiger partial charge in [-0.15, -0.1) is 0 Å². The molecular weight excluding hydrogens is 330 g/mol. The number of carbonyl (C=O) groups is 1. The number of benzene rings is 1. The molecule has 2 aromatic rings. The summed E-state index contributed by atoms with van der Waals surface area (Å²) in [4.78, 5) is 17.6. The molecule has 0 spiro atoms. The van der Waals surface area contributed by atoms with Crippen LogP contribution in [-0.4, -0.2) is 21.5 Å². The number of unbranched alkanes of at least 4 members (excludes halogenated alkanes) is 1. The van der Waals surface area contributed by atoms with Crippen molar-refractivity contribution in [1.82, 2.24) is 14.9 Å². The van der Waals surface area contributed by atoms with Crippen molar-refractivity contribution in [1.29, 1.82) is 0 Å². The predicted molar refractivity (Wildman–Crippen MR) is 103 cm³/mol. The Morgan fingerprint density at radius 1 is 1.32 bits per heavy atom. The molecule has 0 aliphatic heterocycles. The second-order valence-corrected chi connectivity index (χ2v) is 7.83. The molecule has 1 saturated carbocycles. The van der Waals surface area contributed by atoms with Gasteiger partial charge in [-0.2, -0.15) is 0 Å². The summed E-state index contributed by atoms with van der Waals surface area (Å²) in [6, 6.07) is 10.4. The van der Waals surface area contributed by atoms with Crippen LogP contribution < -0.4 is 5.32 Å². The minimum atomic E-state index is -0.261. The van der Waals surface area contributed by atoms with E-state index in [9.17, 15) is 4.79 Å². The van der Waals surface area contributed by atoms with Gasteiger partial charge in [0.2, 0.25) is 5.91 Å². The third-order valence-electron chi connectivity index (χ3n) is 4.65. The van der Waals surface area contributed by atoms with E-state index < -0.39 is 0 Å². The number of rotatable bonds is 8. The van der Waals surface area contributed by atoms with Crippen molar-refractivity contribution in [3.63, 3.8) is 0 Å². The Morgan fingerprint density at radius 3 is 2.68 bits per heavy atom. The van der Waals surface area contributed by atoms with Gasteiger partial charge in [0.25, 0.3) is 0 Å². The van der Waals surface area contributed by atoms with E-state index in [0.29, 0.717) is 6.04 Å². The Balaban J connectivity index is 1.87. The Bertz CT molecular complexity index is 722. The van der Waals surface area contributed by atoms with Gasteiger partial charge in [0.05, 0.1) is 5.69 Å². The van der Waals surface area contributed by atoms with Crippen LogP contribution in [0, 0.1) is 13.8 Å². The average Bonchev–Trinajstić information content (AvgIpc) is 3.39. The van der Waals surface area contributed by atoms with Crippen LogP contribution in [0.4, 0.5) is 0 Å². The highest BCUT2D eigenvalue weighted by molar-refractivity contribution is 8.00. The van der Waals surface area contributed by atoms with E-state index in [2.05, 4.69) is 23.7 Å². The Morgan fingerprint density at radius 2 is 2.04 bits per heavy atom. The van der Waals surface area contributed by atoms with Gasteiger partial charge in [0.15, 0.2) is 5.16 Å². The van der Waals surface area contributed by atoms with Gasteiger partial charge >= 0.3 is 0 Å². The topological polar surface area (TPSA) is 46.9 Å². The van der Waals surface area contributed by atoms with Crippen LogP contribution in [0.5, 0.6) is 0 Å². The molecule has 25 heavy (non-hydrogen) atoms. The zero-order valence-corrected chi connectivity index (χ0v) is 16.1. The zero-order chi connectivity index (χ0) is 17.8. The van der Waals surface area contributed by atoms with Crippen molar-refractivity contribution in [3.05, 3.63) is 47.3 Å². The second kappa shape index (κ2) is 8.09. The van der Waals surface area contributed by atoms with Crippen LogP contribution in [0.25, 0.3) is 0 Å². The first-order valence-electron chi connectivity index (χ1n) is 9.15. The van der Waals surface area contributed by atoms with Crippen LogP contribution in [0.3, 0.4) is 0 Å². The maximum atomic E-state index is 12.8. The lowest BCUT2D eigenvalue weighted by atomic mass is 10.1.